The van der Waals surface area contributed by atoms with Gasteiger partial charge in [-0.05, 0) is 29.5 Å². The summed E-state index contributed by atoms with van der Waals surface area (Å²) < 4.78 is 5.59. The number of hydrogen-bond donors (Lipinski definition) is 0. The minimum Gasteiger partial charge on any atom is -0.494 e. The second-order valence-corrected chi connectivity index (χ2v) is 3.55. The van der Waals surface area contributed by atoms with E-state index in [0.717, 1.165) is 25.2 Å². The molecule has 14 heavy (non-hydrogen) atoms. The van der Waals surface area contributed by atoms with Crippen molar-refractivity contribution in [2.75, 3.05) is 6.61 Å². The summed E-state index contributed by atoms with van der Waals surface area (Å²) in [6.45, 7) is 2.96. The number of hydrogen-bond acceptors (Lipinski definition) is 2. The molecule has 0 N–H and O–H groups in total. The molecule has 0 aliphatic rings. The molecule has 0 saturated carbocycles. The van der Waals surface area contributed by atoms with E-state index < -0.39 is 0 Å². The van der Waals surface area contributed by atoms with Gasteiger partial charge in [0.1, 0.15) is 5.75 Å². The van der Waals surface area contributed by atoms with Crippen molar-refractivity contribution in [1.82, 2.24) is 0 Å². The van der Waals surface area contributed by atoms with E-state index in [9.17, 15) is 0 Å². The van der Waals surface area contributed by atoms with E-state index in [0.29, 0.717) is 0 Å². The topological polar surface area (TPSA) is 9.23 Å². The van der Waals surface area contributed by atoms with Crippen molar-refractivity contribution in [3.63, 3.8) is 0 Å². The highest BCUT2D eigenvalue weighted by Gasteiger charge is 1.95. The summed E-state index contributed by atoms with van der Waals surface area (Å²) in [6.07, 6.45) is 3.11. The van der Waals surface area contributed by atoms with Crippen LogP contribution in [-0.2, 0) is 6.42 Å². The van der Waals surface area contributed by atoms with Crippen LogP contribution in [0.2, 0.25) is 0 Å². The minimum atomic E-state index is 0.803. The quantitative estimate of drug-likeness (QED) is 0.523. The summed E-state index contributed by atoms with van der Waals surface area (Å²) >= 11 is 4.82. The third-order valence-electron chi connectivity index (χ3n) is 1.98. The van der Waals surface area contributed by atoms with Crippen molar-refractivity contribution in [2.45, 2.75) is 26.2 Å². The molecule has 0 aliphatic heterocycles. The van der Waals surface area contributed by atoms with Gasteiger partial charge < -0.3 is 4.74 Å². The molecule has 0 aliphatic carbocycles. The lowest BCUT2D eigenvalue weighted by atomic mass is 10.2. The average molecular weight is 208 g/mol. The van der Waals surface area contributed by atoms with Crippen LogP contribution in [0.25, 0.3) is 0 Å². The second kappa shape index (κ2) is 6.55. The molecule has 0 unspecified atom stereocenters. The first-order valence-corrected chi connectivity index (χ1v) is 5.49. The Morgan fingerprint density at radius 1 is 1.43 bits per heavy atom. The predicted octanol–water partition coefficient (Wildman–Crippen LogP) is 3.41. The van der Waals surface area contributed by atoms with Gasteiger partial charge >= 0.3 is 0 Å². The van der Waals surface area contributed by atoms with Gasteiger partial charge in [0.2, 0.25) is 0 Å². The fraction of sp³-hybridized carbons (Fsp3) is 0.417. The molecule has 1 aromatic carbocycles. The van der Waals surface area contributed by atoms with Gasteiger partial charge in [0.05, 0.1) is 6.61 Å². The van der Waals surface area contributed by atoms with Gasteiger partial charge in [-0.3, -0.25) is 0 Å². The fourth-order valence-corrected chi connectivity index (χ4v) is 1.39. The standard InChI is InChI=1S/C12H16OS/c1-2-3-8-13-12-6-4-5-11(10-12)7-9-14/h4-6,9-10H,2-3,7-8H2,1H3. The first-order chi connectivity index (χ1) is 6.86. The maximum atomic E-state index is 5.59. The summed E-state index contributed by atoms with van der Waals surface area (Å²) in [5, 5.41) is 1.74. The SMILES string of the molecule is CCCCOc1cccc(CC=S)c1. The molecule has 0 bridgehead atoms. The summed E-state index contributed by atoms with van der Waals surface area (Å²) in [7, 11) is 0. The molecule has 0 atom stereocenters. The van der Waals surface area contributed by atoms with Crippen LogP contribution >= 0.6 is 12.2 Å². The summed E-state index contributed by atoms with van der Waals surface area (Å²) in [5.41, 5.74) is 1.22. The Balaban J connectivity index is 2.50. The largest absolute Gasteiger partial charge is 0.494 e. The Labute approximate surface area is 91.1 Å². The monoisotopic (exact) mass is 208 g/mol. The Kier molecular flexibility index (Phi) is 5.23. The van der Waals surface area contributed by atoms with E-state index >= 15 is 0 Å². The zero-order chi connectivity index (χ0) is 10.2. The number of rotatable bonds is 6. The lowest BCUT2D eigenvalue weighted by molar-refractivity contribution is 0.309. The van der Waals surface area contributed by atoms with Crippen molar-refractivity contribution in [1.29, 1.82) is 0 Å². The number of benzene rings is 1. The molecular formula is C12H16OS. The highest BCUT2D eigenvalue weighted by Crippen LogP contribution is 2.13. The number of ether oxygens (including phenoxy) is 1. The van der Waals surface area contributed by atoms with E-state index in [1.165, 1.54) is 12.0 Å². The normalized spacial score (nSPS) is 9.79. The van der Waals surface area contributed by atoms with Gasteiger partial charge in [-0.1, -0.05) is 37.7 Å². The van der Waals surface area contributed by atoms with E-state index in [1.54, 1.807) is 5.37 Å². The summed E-state index contributed by atoms with van der Waals surface area (Å²) in [4.78, 5) is 0. The van der Waals surface area contributed by atoms with E-state index in [-0.39, 0.29) is 0 Å². The molecule has 76 valence electrons. The maximum Gasteiger partial charge on any atom is 0.119 e. The number of unbranched alkanes of at least 4 members (excludes halogenated alkanes) is 1. The molecule has 0 spiro atoms. The Bertz CT molecular complexity index is 283. The molecule has 1 rings (SSSR count). The average Bonchev–Trinajstić information content (AvgIpc) is 2.19. The molecule has 0 radical (unpaired) electrons. The molecule has 1 nitrogen and oxygen atoms in total. The minimum absolute atomic E-state index is 0.803. The molecule has 0 saturated heterocycles. The van der Waals surface area contributed by atoms with Crippen LogP contribution in [0, 0.1) is 0 Å². The third-order valence-corrected chi connectivity index (χ3v) is 2.15. The first kappa shape index (κ1) is 11.2. The van der Waals surface area contributed by atoms with Crippen LogP contribution < -0.4 is 4.74 Å². The smallest absolute Gasteiger partial charge is 0.119 e. The summed E-state index contributed by atoms with van der Waals surface area (Å²) in [6, 6.07) is 8.12. The molecule has 1 aromatic rings. The van der Waals surface area contributed by atoms with Gasteiger partial charge in [0, 0.05) is 6.42 Å². The van der Waals surface area contributed by atoms with Gasteiger partial charge in [-0.2, -0.15) is 0 Å². The van der Waals surface area contributed by atoms with Crippen molar-refractivity contribution in [3.05, 3.63) is 29.8 Å². The highest BCUT2D eigenvalue weighted by molar-refractivity contribution is 7.78. The van der Waals surface area contributed by atoms with Gasteiger partial charge in [0.25, 0.3) is 0 Å². The van der Waals surface area contributed by atoms with E-state index in [1.807, 2.05) is 12.1 Å². The van der Waals surface area contributed by atoms with Crippen molar-refractivity contribution >= 4 is 17.6 Å². The Morgan fingerprint density at radius 3 is 3.00 bits per heavy atom. The van der Waals surface area contributed by atoms with Crippen molar-refractivity contribution < 1.29 is 4.74 Å². The second-order valence-electron chi connectivity index (χ2n) is 3.22. The fourth-order valence-electron chi connectivity index (χ4n) is 1.19. The van der Waals surface area contributed by atoms with Crippen LogP contribution in [0.15, 0.2) is 24.3 Å². The van der Waals surface area contributed by atoms with E-state index in [2.05, 4.69) is 19.1 Å². The maximum absolute atomic E-state index is 5.59. The predicted molar refractivity (Wildman–Crippen MR) is 64.2 cm³/mol. The molecule has 0 aromatic heterocycles. The summed E-state index contributed by atoms with van der Waals surface area (Å²) in [5.74, 6) is 0.952. The zero-order valence-corrected chi connectivity index (χ0v) is 9.35. The van der Waals surface area contributed by atoms with Crippen LogP contribution in [0.5, 0.6) is 5.75 Å². The lowest BCUT2D eigenvalue weighted by Gasteiger charge is -2.06. The molecule has 2 heteroatoms. The highest BCUT2D eigenvalue weighted by atomic mass is 32.1. The van der Waals surface area contributed by atoms with E-state index in [4.69, 9.17) is 17.0 Å². The Hall–Kier alpha value is -0.890. The van der Waals surface area contributed by atoms with Crippen LogP contribution in [-0.4, -0.2) is 12.0 Å². The van der Waals surface area contributed by atoms with Crippen molar-refractivity contribution in [3.8, 4) is 5.75 Å². The van der Waals surface area contributed by atoms with Gasteiger partial charge in [-0.25, -0.2) is 0 Å². The lowest BCUT2D eigenvalue weighted by Crippen LogP contribution is -1.96. The van der Waals surface area contributed by atoms with Gasteiger partial charge in [0.15, 0.2) is 0 Å². The number of thiocarbonyl (C=S) groups is 1. The third kappa shape index (κ3) is 3.88. The zero-order valence-electron chi connectivity index (χ0n) is 8.53. The van der Waals surface area contributed by atoms with Crippen LogP contribution in [0.4, 0.5) is 0 Å². The van der Waals surface area contributed by atoms with Gasteiger partial charge in [-0.15, -0.1) is 0 Å². The molecular weight excluding hydrogens is 192 g/mol. The molecule has 0 amide bonds. The van der Waals surface area contributed by atoms with Crippen molar-refractivity contribution in [2.24, 2.45) is 0 Å². The van der Waals surface area contributed by atoms with Crippen LogP contribution in [0.1, 0.15) is 25.3 Å². The van der Waals surface area contributed by atoms with Crippen LogP contribution in [0.3, 0.4) is 0 Å². The molecule has 0 heterocycles. The Morgan fingerprint density at radius 2 is 2.29 bits per heavy atom. The first-order valence-electron chi connectivity index (χ1n) is 5.02. The molecule has 0 fully saturated rings.